The summed E-state index contributed by atoms with van der Waals surface area (Å²) >= 11 is 7.40. The fourth-order valence-corrected chi connectivity index (χ4v) is 3.56. The van der Waals surface area contributed by atoms with Crippen LogP contribution >= 0.6 is 23.4 Å². The van der Waals surface area contributed by atoms with Gasteiger partial charge in [0.1, 0.15) is 25.1 Å². The predicted molar refractivity (Wildman–Crippen MR) is 112 cm³/mol. The van der Waals surface area contributed by atoms with Gasteiger partial charge in [0.15, 0.2) is 0 Å². The van der Waals surface area contributed by atoms with Crippen LogP contribution in [0.3, 0.4) is 0 Å². The lowest BCUT2D eigenvalue weighted by molar-refractivity contribution is 0.0529. The summed E-state index contributed by atoms with van der Waals surface area (Å²) in [5.74, 6) is -1.84. The second-order valence-corrected chi connectivity index (χ2v) is 7.67. The minimum absolute atomic E-state index is 0.101. The molecule has 10 heteroatoms. The maximum atomic E-state index is 14.7. The van der Waals surface area contributed by atoms with Crippen LogP contribution in [0.2, 0.25) is 5.02 Å². The number of methoxy groups -OCH3 is 2. The Kier molecular flexibility index (Phi) is 9.04. The first kappa shape index (κ1) is 24.1. The molecule has 0 atom stereocenters. The van der Waals surface area contributed by atoms with Gasteiger partial charge < -0.3 is 9.47 Å². The summed E-state index contributed by atoms with van der Waals surface area (Å²) in [6.07, 6.45) is 0. The van der Waals surface area contributed by atoms with Crippen molar-refractivity contribution < 1.29 is 27.8 Å². The molecule has 2 aromatic rings. The quantitative estimate of drug-likeness (QED) is 0.411. The molecule has 30 heavy (non-hydrogen) atoms. The molecule has 6 nitrogen and oxygen atoms in total. The maximum Gasteiger partial charge on any atom is 0.335 e. The fourth-order valence-electron chi connectivity index (χ4n) is 2.63. The van der Waals surface area contributed by atoms with Crippen LogP contribution in [0.5, 0.6) is 0 Å². The first-order valence-corrected chi connectivity index (χ1v) is 10.2. The zero-order valence-corrected chi connectivity index (χ0v) is 18.2. The molecule has 0 unspecified atom stereocenters. The van der Waals surface area contributed by atoms with Crippen LogP contribution in [0.4, 0.5) is 19.3 Å². The highest BCUT2D eigenvalue weighted by Gasteiger charge is 2.32. The number of halogens is 3. The van der Waals surface area contributed by atoms with Crippen molar-refractivity contribution >= 4 is 41.0 Å². The number of rotatable bonds is 8. The molecule has 0 aliphatic carbocycles. The number of amides is 3. The van der Waals surface area contributed by atoms with Gasteiger partial charge in [-0.25, -0.2) is 18.5 Å². The van der Waals surface area contributed by atoms with E-state index in [1.165, 1.54) is 50.2 Å². The third-order valence-corrected chi connectivity index (χ3v) is 5.11. The Balaban J connectivity index is 2.45. The molecule has 2 rings (SSSR count). The molecule has 0 aliphatic heterocycles. The van der Waals surface area contributed by atoms with Gasteiger partial charge in [-0.05, 0) is 36.1 Å². The van der Waals surface area contributed by atoms with E-state index in [9.17, 15) is 18.4 Å². The standard InChI is InChI=1S/C20H21ClF2N2O4S/c1-4-30-13-8-9-17(16(23)10-13)24(11-28-2)20(27)25(12-29-3)19(26)18-14(21)6-5-7-15(18)22/h5-10H,4,11-12H2,1-3H3. The Labute approximate surface area is 182 Å². The first-order valence-electron chi connectivity index (χ1n) is 8.83. The van der Waals surface area contributed by atoms with Crippen molar-refractivity contribution in [2.45, 2.75) is 11.8 Å². The van der Waals surface area contributed by atoms with Crippen LogP contribution in [0.15, 0.2) is 41.3 Å². The summed E-state index contributed by atoms with van der Waals surface area (Å²) in [6, 6.07) is 7.09. The van der Waals surface area contributed by atoms with E-state index in [0.29, 0.717) is 9.80 Å². The molecule has 0 heterocycles. The number of hydrogen-bond acceptors (Lipinski definition) is 5. The minimum atomic E-state index is -1.02. The van der Waals surface area contributed by atoms with Crippen LogP contribution in [0.25, 0.3) is 0 Å². The summed E-state index contributed by atoms with van der Waals surface area (Å²) < 4.78 is 38.9. The molecule has 3 amide bonds. The summed E-state index contributed by atoms with van der Waals surface area (Å²) in [7, 11) is 2.57. The molecular formula is C20H21ClF2N2O4S. The lowest BCUT2D eigenvalue weighted by Crippen LogP contribution is -2.48. The molecule has 0 bridgehead atoms. The highest BCUT2D eigenvalue weighted by Crippen LogP contribution is 2.28. The largest absolute Gasteiger partial charge is 0.364 e. The molecule has 0 fully saturated rings. The number of carbonyl (C=O) groups is 2. The van der Waals surface area contributed by atoms with E-state index in [1.807, 2.05) is 6.92 Å². The van der Waals surface area contributed by atoms with E-state index in [-0.39, 0.29) is 17.4 Å². The SMILES string of the molecule is CCSc1ccc(N(COC)C(=O)N(COC)C(=O)c2c(F)cccc2Cl)c(F)c1. The van der Waals surface area contributed by atoms with E-state index >= 15 is 0 Å². The van der Waals surface area contributed by atoms with Crippen molar-refractivity contribution in [3.63, 3.8) is 0 Å². The molecule has 0 N–H and O–H groups in total. The lowest BCUT2D eigenvalue weighted by atomic mass is 10.2. The molecule has 0 saturated carbocycles. The number of hydrogen-bond donors (Lipinski definition) is 0. The van der Waals surface area contributed by atoms with Crippen LogP contribution < -0.4 is 4.90 Å². The third kappa shape index (κ3) is 5.48. The topological polar surface area (TPSA) is 59.1 Å². The van der Waals surface area contributed by atoms with Gasteiger partial charge in [0.05, 0.1) is 16.3 Å². The number of imide groups is 1. The Morgan fingerprint density at radius 2 is 1.77 bits per heavy atom. The number of urea groups is 1. The van der Waals surface area contributed by atoms with Crippen molar-refractivity contribution in [1.82, 2.24) is 4.90 Å². The molecule has 0 radical (unpaired) electrons. The Bertz CT molecular complexity index is 896. The molecule has 0 spiro atoms. The number of anilines is 1. The minimum Gasteiger partial charge on any atom is -0.364 e. The number of nitrogens with zero attached hydrogens (tertiary/aromatic N) is 2. The average molecular weight is 459 g/mol. The second kappa shape index (κ2) is 11.3. The van der Waals surface area contributed by atoms with E-state index in [4.69, 9.17) is 21.1 Å². The molecule has 2 aromatic carbocycles. The first-order chi connectivity index (χ1) is 14.3. The average Bonchev–Trinajstić information content (AvgIpc) is 2.70. The normalized spacial score (nSPS) is 10.7. The van der Waals surface area contributed by atoms with Gasteiger partial charge in [0.2, 0.25) is 0 Å². The summed E-state index contributed by atoms with van der Waals surface area (Å²) in [4.78, 5) is 28.3. The molecule has 0 aromatic heterocycles. The number of ether oxygens (including phenoxy) is 2. The number of carbonyl (C=O) groups excluding carboxylic acids is 2. The number of thioether (sulfide) groups is 1. The van der Waals surface area contributed by atoms with Crippen LogP contribution in [0.1, 0.15) is 17.3 Å². The van der Waals surface area contributed by atoms with Gasteiger partial charge in [-0.15, -0.1) is 11.8 Å². The van der Waals surface area contributed by atoms with Crippen LogP contribution in [-0.4, -0.2) is 50.3 Å². The van der Waals surface area contributed by atoms with Crippen LogP contribution in [0, 0.1) is 11.6 Å². The van der Waals surface area contributed by atoms with E-state index in [0.717, 1.165) is 16.7 Å². The zero-order chi connectivity index (χ0) is 22.3. The lowest BCUT2D eigenvalue weighted by Gasteiger charge is -2.29. The molecular weight excluding hydrogens is 438 g/mol. The van der Waals surface area contributed by atoms with Crippen molar-refractivity contribution in [1.29, 1.82) is 0 Å². The van der Waals surface area contributed by atoms with Crippen molar-refractivity contribution in [2.75, 3.05) is 38.3 Å². The Morgan fingerprint density at radius 3 is 2.33 bits per heavy atom. The fraction of sp³-hybridized carbons (Fsp3) is 0.300. The molecule has 0 saturated heterocycles. The van der Waals surface area contributed by atoms with Crippen molar-refractivity contribution in [3.05, 3.63) is 58.6 Å². The smallest absolute Gasteiger partial charge is 0.335 e. The number of benzene rings is 2. The molecule has 162 valence electrons. The van der Waals surface area contributed by atoms with Gasteiger partial charge in [-0.2, -0.15) is 0 Å². The van der Waals surface area contributed by atoms with Gasteiger partial charge in [0.25, 0.3) is 5.91 Å². The maximum absolute atomic E-state index is 14.7. The van der Waals surface area contributed by atoms with Crippen molar-refractivity contribution in [2.24, 2.45) is 0 Å². The van der Waals surface area contributed by atoms with Crippen LogP contribution in [-0.2, 0) is 9.47 Å². The Morgan fingerprint density at radius 1 is 1.07 bits per heavy atom. The summed E-state index contributed by atoms with van der Waals surface area (Å²) in [6.45, 7) is 1.07. The summed E-state index contributed by atoms with van der Waals surface area (Å²) in [5.41, 5.74) is -0.590. The second-order valence-electron chi connectivity index (χ2n) is 5.92. The molecule has 0 aliphatic rings. The van der Waals surface area contributed by atoms with Gasteiger partial charge >= 0.3 is 6.03 Å². The highest BCUT2D eigenvalue weighted by atomic mass is 35.5. The van der Waals surface area contributed by atoms with Gasteiger partial charge in [0, 0.05) is 19.1 Å². The van der Waals surface area contributed by atoms with E-state index in [2.05, 4.69) is 0 Å². The highest BCUT2D eigenvalue weighted by molar-refractivity contribution is 7.99. The van der Waals surface area contributed by atoms with Crippen molar-refractivity contribution in [3.8, 4) is 0 Å². The monoisotopic (exact) mass is 458 g/mol. The Hall–Kier alpha value is -2.20. The van der Waals surface area contributed by atoms with E-state index < -0.39 is 35.9 Å². The predicted octanol–water partition coefficient (Wildman–Crippen LogP) is 5.01. The third-order valence-electron chi connectivity index (χ3n) is 3.92. The zero-order valence-electron chi connectivity index (χ0n) is 16.7. The van der Waals surface area contributed by atoms with Gasteiger partial charge in [-0.3, -0.25) is 9.69 Å². The summed E-state index contributed by atoms with van der Waals surface area (Å²) in [5, 5.41) is -0.167. The van der Waals surface area contributed by atoms with Gasteiger partial charge in [-0.1, -0.05) is 24.6 Å². The van der Waals surface area contributed by atoms with E-state index in [1.54, 1.807) is 6.07 Å².